The first-order chi connectivity index (χ1) is 10.8. The minimum Gasteiger partial charge on any atom is -0.506 e. The second kappa shape index (κ2) is 6.78. The molecule has 0 aliphatic heterocycles. The van der Waals surface area contributed by atoms with E-state index < -0.39 is 5.82 Å². The van der Waals surface area contributed by atoms with Crippen molar-refractivity contribution in [2.24, 2.45) is 0 Å². The molecule has 1 atom stereocenters. The average molecular weight is 434 g/mol. The van der Waals surface area contributed by atoms with Crippen LogP contribution in [-0.4, -0.2) is 19.5 Å². The molecule has 0 saturated heterocycles. The van der Waals surface area contributed by atoms with Gasteiger partial charge in [0.1, 0.15) is 22.9 Å². The molecule has 0 fully saturated rings. The van der Waals surface area contributed by atoms with E-state index in [0.717, 1.165) is 5.69 Å². The maximum atomic E-state index is 13.8. The second-order valence-corrected chi connectivity index (χ2v) is 6.43. The van der Waals surface area contributed by atoms with Crippen LogP contribution in [0, 0.1) is 12.7 Å². The lowest BCUT2D eigenvalue weighted by molar-refractivity contribution is 0.454. The standard InChI is InChI=1S/C15H13BrClFN4O.H2S/c1-6(8-5-9(17)11(18)10(16)13(8)23)15-21-7(2)12-14(19)20-3-4-22(12)15;/h3-6,23H,1-2H3,(H2,19,20);1H2/t6-;/m0./s1. The van der Waals surface area contributed by atoms with Crippen LogP contribution in [-0.2, 0) is 0 Å². The van der Waals surface area contributed by atoms with Crippen LogP contribution in [0.3, 0.4) is 0 Å². The predicted molar refractivity (Wildman–Crippen MR) is 101 cm³/mol. The third kappa shape index (κ3) is 2.82. The lowest BCUT2D eigenvalue weighted by Crippen LogP contribution is -2.05. The molecule has 1 aromatic carbocycles. The van der Waals surface area contributed by atoms with E-state index in [1.54, 1.807) is 12.4 Å². The first-order valence-corrected chi connectivity index (χ1v) is 7.95. The van der Waals surface area contributed by atoms with Crippen molar-refractivity contribution in [3.63, 3.8) is 0 Å². The largest absolute Gasteiger partial charge is 0.506 e. The number of phenolic OH excluding ortho intramolecular Hbond substituents is 1. The molecule has 9 heteroatoms. The molecule has 5 nitrogen and oxygen atoms in total. The number of nitrogen functional groups attached to an aromatic ring is 1. The van der Waals surface area contributed by atoms with E-state index in [1.807, 2.05) is 18.2 Å². The number of hydrogen-bond donors (Lipinski definition) is 2. The first kappa shape index (κ1) is 18.8. The molecule has 3 N–H and O–H groups in total. The SMILES string of the molecule is Cc1nc([C@@H](C)c2cc(Cl)c(F)c(Br)c2O)n2ccnc(N)c12.S. The molecule has 0 bridgehead atoms. The minimum atomic E-state index is -0.697. The minimum absolute atomic E-state index is 0. The highest BCUT2D eigenvalue weighted by molar-refractivity contribution is 9.10. The van der Waals surface area contributed by atoms with Gasteiger partial charge in [-0.15, -0.1) is 0 Å². The fourth-order valence-electron chi connectivity index (χ4n) is 2.65. The van der Waals surface area contributed by atoms with Crippen molar-refractivity contribution < 1.29 is 9.50 Å². The summed E-state index contributed by atoms with van der Waals surface area (Å²) in [5.74, 6) is -0.212. The third-order valence-electron chi connectivity index (χ3n) is 3.80. The number of fused-ring (bicyclic) bond motifs is 1. The van der Waals surface area contributed by atoms with Gasteiger partial charge in [-0.1, -0.05) is 18.5 Å². The fourth-order valence-corrected chi connectivity index (χ4v) is 3.42. The summed E-state index contributed by atoms with van der Waals surface area (Å²) >= 11 is 8.92. The summed E-state index contributed by atoms with van der Waals surface area (Å²) in [5, 5.41) is 10.2. The molecule has 128 valence electrons. The summed E-state index contributed by atoms with van der Waals surface area (Å²) in [6, 6.07) is 1.41. The topological polar surface area (TPSA) is 76.4 Å². The van der Waals surface area contributed by atoms with Crippen molar-refractivity contribution in [1.82, 2.24) is 14.4 Å². The van der Waals surface area contributed by atoms with Crippen molar-refractivity contribution in [3.05, 3.63) is 50.9 Å². The smallest absolute Gasteiger partial charge is 0.159 e. The lowest BCUT2D eigenvalue weighted by Gasteiger charge is -2.15. The van der Waals surface area contributed by atoms with Crippen molar-refractivity contribution in [2.45, 2.75) is 19.8 Å². The molecule has 2 aromatic heterocycles. The summed E-state index contributed by atoms with van der Waals surface area (Å²) in [6.45, 7) is 3.68. The molecule has 0 spiro atoms. The highest BCUT2D eigenvalue weighted by Gasteiger charge is 2.24. The van der Waals surface area contributed by atoms with E-state index in [9.17, 15) is 9.50 Å². The summed E-state index contributed by atoms with van der Waals surface area (Å²) < 4.78 is 15.5. The van der Waals surface area contributed by atoms with Gasteiger partial charge in [-0.05, 0) is 28.9 Å². The summed E-state index contributed by atoms with van der Waals surface area (Å²) in [5.41, 5.74) is 7.81. The van der Waals surface area contributed by atoms with Gasteiger partial charge in [-0.25, -0.2) is 14.4 Å². The van der Waals surface area contributed by atoms with Crippen LogP contribution in [0.5, 0.6) is 5.75 Å². The van der Waals surface area contributed by atoms with Gasteiger partial charge in [-0.2, -0.15) is 13.5 Å². The first-order valence-electron chi connectivity index (χ1n) is 6.78. The van der Waals surface area contributed by atoms with Crippen LogP contribution in [0.1, 0.15) is 29.9 Å². The van der Waals surface area contributed by atoms with Gasteiger partial charge >= 0.3 is 0 Å². The van der Waals surface area contributed by atoms with Gasteiger partial charge in [0.05, 0.1) is 15.2 Å². The van der Waals surface area contributed by atoms with E-state index in [-0.39, 0.29) is 34.7 Å². The number of halogens is 3. The van der Waals surface area contributed by atoms with Gasteiger partial charge < -0.3 is 10.8 Å². The molecule has 24 heavy (non-hydrogen) atoms. The Hall–Kier alpha value is -1.51. The van der Waals surface area contributed by atoms with Gasteiger partial charge in [0, 0.05) is 23.9 Å². The average Bonchev–Trinajstić information content (AvgIpc) is 2.86. The van der Waals surface area contributed by atoms with Crippen molar-refractivity contribution >= 4 is 52.4 Å². The van der Waals surface area contributed by atoms with E-state index in [4.69, 9.17) is 17.3 Å². The molecule has 2 heterocycles. The molecule has 0 unspecified atom stereocenters. The van der Waals surface area contributed by atoms with Crippen LogP contribution >= 0.6 is 41.0 Å². The Morgan fingerprint density at radius 2 is 2.12 bits per heavy atom. The number of anilines is 1. The zero-order valence-electron chi connectivity index (χ0n) is 12.8. The molecular weight excluding hydrogens is 419 g/mol. The van der Waals surface area contributed by atoms with Crippen LogP contribution in [0.2, 0.25) is 5.02 Å². The Labute approximate surface area is 158 Å². The maximum Gasteiger partial charge on any atom is 0.159 e. The predicted octanol–water partition coefficient (Wildman–Crippen LogP) is 4.15. The lowest BCUT2D eigenvalue weighted by atomic mass is 9.99. The van der Waals surface area contributed by atoms with Crippen LogP contribution < -0.4 is 5.73 Å². The molecule has 3 aromatic rings. The number of phenols is 1. The number of aromatic nitrogens is 3. The Morgan fingerprint density at radius 3 is 2.79 bits per heavy atom. The molecule has 0 saturated carbocycles. The Bertz CT molecular complexity index is 934. The third-order valence-corrected chi connectivity index (χ3v) is 4.80. The number of rotatable bonds is 2. The van der Waals surface area contributed by atoms with Crippen molar-refractivity contribution in [2.75, 3.05) is 5.73 Å². The number of nitrogens with two attached hydrogens (primary N) is 1. The highest BCUT2D eigenvalue weighted by atomic mass is 79.9. The number of imidazole rings is 1. The van der Waals surface area contributed by atoms with Gasteiger partial charge in [0.15, 0.2) is 5.82 Å². The highest BCUT2D eigenvalue weighted by Crippen LogP contribution is 2.40. The number of benzene rings is 1. The second-order valence-electron chi connectivity index (χ2n) is 5.23. The van der Waals surface area contributed by atoms with Crippen molar-refractivity contribution in [3.8, 4) is 5.75 Å². The number of hydrogen-bond acceptors (Lipinski definition) is 4. The summed E-state index contributed by atoms with van der Waals surface area (Å²) in [4.78, 5) is 8.59. The number of aromatic hydroxyl groups is 1. The Morgan fingerprint density at radius 1 is 1.46 bits per heavy atom. The molecule has 0 amide bonds. The van der Waals surface area contributed by atoms with Gasteiger partial charge in [0.25, 0.3) is 0 Å². The zero-order valence-corrected chi connectivity index (χ0v) is 16.2. The maximum absolute atomic E-state index is 13.8. The van der Waals surface area contributed by atoms with Crippen LogP contribution in [0.15, 0.2) is 22.9 Å². The van der Waals surface area contributed by atoms with Crippen LogP contribution in [0.4, 0.5) is 10.2 Å². The molecule has 3 rings (SSSR count). The van der Waals surface area contributed by atoms with E-state index >= 15 is 0 Å². The Kier molecular flexibility index (Phi) is 5.31. The van der Waals surface area contributed by atoms with Gasteiger partial charge in [0.2, 0.25) is 0 Å². The Balaban J connectivity index is 0.00000208. The van der Waals surface area contributed by atoms with E-state index in [2.05, 4.69) is 25.9 Å². The zero-order chi connectivity index (χ0) is 16.9. The van der Waals surface area contributed by atoms with E-state index in [1.165, 1.54) is 6.07 Å². The normalized spacial score (nSPS) is 12.2. The summed E-state index contributed by atoms with van der Waals surface area (Å²) in [6.07, 6.45) is 3.32. The quantitative estimate of drug-likeness (QED) is 0.595. The van der Waals surface area contributed by atoms with Crippen molar-refractivity contribution in [1.29, 1.82) is 0 Å². The van der Waals surface area contributed by atoms with E-state index in [0.29, 0.717) is 22.7 Å². The fraction of sp³-hybridized carbons (Fsp3) is 0.200. The summed E-state index contributed by atoms with van der Waals surface area (Å²) in [7, 11) is 0. The van der Waals surface area contributed by atoms with Crippen LogP contribution in [0.25, 0.3) is 5.52 Å². The molecular formula is C15H15BrClFN4OS. The van der Waals surface area contributed by atoms with Gasteiger partial charge in [-0.3, -0.25) is 4.40 Å². The number of nitrogens with zero attached hydrogens (tertiary/aromatic N) is 3. The molecule has 0 aliphatic carbocycles. The number of aryl methyl sites for hydroxylation is 1. The molecule has 0 radical (unpaired) electrons. The monoisotopic (exact) mass is 432 g/mol. The molecule has 0 aliphatic rings.